The molecule has 0 saturated heterocycles. The summed E-state index contributed by atoms with van der Waals surface area (Å²) in [5.74, 6) is 0. The highest BCUT2D eigenvalue weighted by Crippen LogP contribution is 2.16. The van der Waals surface area contributed by atoms with Crippen LogP contribution in [0.4, 0.5) is 5.69 Å². The molecule has 18 heavy (non-hydrogen) atoms. The zero-order valence-corrected chi connectivity index (χ0v) is 12.2. The number of anilines is 1. The van der Waals surface area contributed by atoms with E-state index in [9.17, 15) is 8.42 Å². The Morgan fingerprint density at radius 2 is 1.61 bits per heavy atom. The highest BCUT2D eigenvalue weighted by atomic mass is 32.2. The fraction of sp³-hybridized carbons (Fsp3) is 0.500. The van der Waals surface area contributed by atoms with Crippen LogP contribution < -0.4 is 5.32 Å². The Bertz CT molecular complexity index is 467. The number of hydrogen-bond acceptors (Lipinski definition) is 4. The van der Waals surface area contributed by atoms with Crippen LogP contribution in [0.15, 0.2) is 29.2 Å². The van der Waals surface area contributed by atoms with Crippen LogP contribution >= 0.6 is 0 Å². The van der Waals surface area contributed by atoms with Crippen LogP contribution in [-0.4, -0.2) is 58.9 Å². The summed E-state index contributed by atoms with van der Waals surface area (Å²) in [5.41, 5.74) is 0.926. The van der Waals surface area contributed by atoms with Gasteiger partial charge in [-0.2, -0.15) is 0 Å². The lowest BCUT2D eigenvalue weighted by molar-refractivity contribution is 0.425. The van der Waals surface area contributed by atoms with Crippen LogP contribution in [0.2, 0.25) is 0 Å². The van der Waals surface area contributed by atoms with Gasteiger partial charge in [-0.1, -0.05) is 0 Å². The fourth-order valence-electron chi connectivity index (χ4n) is 1.38. The second-order valence-corrected chi connectivity index (χ2v) is 6.69. The van der Waals surface area contributed by atoms with E-state index in [0.717, 1.165) is 18.8 Å². The van der Waals surface area contributed by atoms with Gasteiger partial charge < -0.3 is 10.2 Å². The van der Waals surface area contributed by atoms with Gasteiger partial charge >= 0.3 is 0 Å². The molecule has 1 aromatic rings. The average Bonchev–Trinajstić information content (AvgIpc) is 2.29. The van der Waals surface area contributed by atoms with Crippen molar-refractivity contribution >= 4 is 15.7 Å². The summed E-state index contributed by atoms with van der Waals surface area (Å²) >= 11 is 0. The van der Waals surface area contributed by atoms with Gasteiger partial charge in [-0.3, -0.25) is 0 Å². The molecule has 0 spiro atoms. The Balaban J connectivity index is 2.69. The molecule has 0 aliphatic carbocycles. The second-order valence-electron chi connectivity index (χ2n) is 4.54. The minimum absolute atomic E-state index is 0.311. The van der Waals surface area contributed by atoms with Crippen molar-refractivity contribution in [1.82, 2.24) is 9.21 Å². The van der Waals surface area contributed by atoms with Gasteiger partial charge in [0.05, 0.1) is 4.90 Å². The summed E-state index contributed by atoms with van der Waals surface area (Å²) in [4.78, 5) is 2.39. The molecule has 0 heterocycles. The molecule has 0 unspecified atom stereocenters. The van der Waals surface area contributed by atoms with Gasteiger partial charge in [0, 0.05) is 32.9 Å². The highest BCUT2D eigenvalue weighted by Gasteiger charge is 2.16. The summed E-state index contributed by atoms with van der Waals surface area (Å²) in [6, 6.07) is 6.80. The SMILES string of the molecule is CN(C)CCNc1ccc(S(=O)(=O)N(C)C)cc1. The Hall–Kier alpha value is -1.11. The van der Waals surface area contributed by atoms with E-state index in [1.807, 2.05) is 14.1 Å². The Labute approximate surface area is 109 Å². The van der Waals surface area contributed by atoms with Crippen molar-refractivity contribution in [3.05, 3.63) is 24.3 Å². The molecule has 1 aromatic carbocycles. The topological polar surface area (TPSA) is 52.7 Å². The third-order valence-corrected chi connectivity index (χ3v) is 4.35. The molecule has 0 atom stereocenters. The van der Waals surface area contributed by atoms with E-state index in [4.69, 9.17) is 0 Å². The van der Waals surface area contributed by atoms with Crippen molar-refractivity contribution in [3.8, 4) is 0 Å². The van der Waals surface area contributed by atoms with Crippen LogP contribution in [0.3, 0.4) is 0 Å². The van der Waals surface area contributed by atoms with Crippen LogP contribution in [-0.2, 0) is 10.0 Å². The number of hydrogen-bond donors (Lipinski definition) is 1. The molecule has 5 nitrogen and oxygen atoms in total. The fourth-order valence-corrected chi connectivity index (χ4v) is 2.28. The van der Waals surface area contributed by atoms with E-state index in [1.165, 1.54) is 18.4 Å². The van der Waals surface area contributed by atoms with E-state index < -0.39 is 10.0 Å². The van der Waals surface area contributed by atoms with Crippen LogP contribution in [0, 0.1) is 0 Å². The Morgan fingerprint density at radius 3 is 2.06 bits per heavy atom. The van der Waals surface area contributed by atoms with Crippen LogP contribution in [0.5, 0.6) is 0 Å². The first-order chi connectivity index (χ1) is 8.34. The summed E-state index contributed by atoms with van der Waals surface area (Å²) < 4.78 is 24.9. The molecule has 0 saturated carbocycles. The van der Waals surface area contributed by atoms with Crippen molar-refractivity contribution in [2.75, 3.05) is 46.6 Å². The molecule has 0 aliphatic heterocycles. The minimum atomic E-state index is -3.33. The first-order valence-electron chi connectivity index (χ1n) is 5.75. The predicted molar refractivity (Wildman–Crippen MR) is 74.4 cm³/mol. The van der Waals surface area contributed by atoms with E-state index in [0.29, 0.717) is 4.90 Å². The highest BCUT2D eigenvalue weighted by molar-refractivity contribution is 7.89. The minimum Gasteiger partial charge on any atom is -0.384 e. The largest absolute Gasteiger partial charge is 0.384 e. The lowest BCUT2D eigenvalue weighted by Gasteiger charge is -2.13. The molecular formula is C12H21N3O2S. The van der Waals surface area contributed by atoms with Crippen LogP contribution in [0.1, 0.15) is 0 Å². The van der Waals surface area contributed by atoms with Crippen molar-refractivity contribution in [1.29, 1.82) is 0 Å². The lowest BCUT2D eigenvalue weighted by Crippen LogP contribution is -2.22. The van der Waals surface area contributed by atoms with Gasteiger partial charge in [0.15, 0.2) is 0 Å². The third-order valence-electron chi connectivity index (χ3n) is 2.52. The normalized spacial score (nSPS) is 12.1. The first-order valence-corrected chi connectivity index (χ1v) is 7.19. The maximum absolute atomic E-state index is 11.8. The maximum Gasteiger partial charge on any atom is 0.242 e. The molecule has 0 amide bonds. The van der Waals surface area contributed by atoms with Crippen LogP contribution in [0.25, 0.3) is 0 Å². The maximum atomic E-state index is 11.8. The molecule has 1 rings (SSSR count). The number of nitrogens with one attached hydrogen (secondary N) is 1. The van der Waals surface area contributed by atoms with Gasteiger partial charge in [0.2, 0.25) is 10.0 Å². The van der Waals surface area contributed by atoms with Gasteiger partial charge in [-0.05, 0) is 38.4 Å². The summed E-state index contributed by atoms with van der Waals surface area (Å²) in [5, 5.41) is 3.23. The molecule has 0 radical (unpaired) electrons. The Kier molecular flexibility index (Phi) is 5.13. The zero-order chi connectivity index (χ0) is 13.8. The predicted octanol–water partition coefficient (Wildman–Crippen LogP) is 0.910. The molecule has 0 fully saturated rings. The molecule has 102 valence electrons. The monoisotopic (exact) mass is 271 g/mol. The quantitative estimate of drug-likeness (QED) is 0.835. The third kappa shape index (κ3) is 3.97. The standard InChI is InChI=1S/C12H21N3O2S/c1-14(2)10-9-13-11-5-7-12(8-6-11)18(16,17)15(3)4/h5-8,13H,9-10H2,1-4H3. The average molecular weight is 271 g/mol. The molecule has 0 aromatic heterocycles. The summed E-state index contributed by atoms with van der Waals surface area (Å²) in [7, 11) is 3.74. The molecule has 1 N–H and O–H groups in total. The smallest absolute Gasteiger partial charge is 0.242 e. The van der Waals surface area contributed by atoms with Crippen molar-refractivity contribution in [2.45, 2.75) is 4.90 Å². The molecule has 0 aliphatic rings. The lowest BCUT2D eigenvalue weighted by atomic mass is 10.3. The molecule has 6 heteroatoms. The number of rotatable bonds is 6. The van der Waals surface area contributed by atoms with E-state index >= 15 is 0 Å². The van der Waals surface area contributed by atoms with Gasteiger partial charge in [0.25, 0.3) is 0 Å². The second kappa shape index (κ2) is 6.17. The van der Waals surface area contributed by atoms with Crippen molar-refractivity contribution < 1.29 is 8.42 Å². The van der Waals surface area contributed by atoms with E-state index in [1.54, 1.807) is 24.3 Å². The summed E-state index contributed by atoms with van der Waals surface area (Å²) in [6.45, 7) is 1.75. The number of benzene rings is 1. The van der Waals surface area contributed by atoms with Crippen molar-refractivity contribution in [3.63, 3.8) is 0 Å². The Morgan fingerprint density at radius 1 is 1.06 bits per heavy atom. The molecular weight excluding hydrogens is 250 g/mol. The van der Waals surface area contributed by atoms with Gasteiger partial charge in [-0.25, -0.2) is 12.7 Å². The van der Waals surface area contributed by atoms with Gasteiger partial charge in [-0.15, -0.1) is 0 Å². The zero-order valence-electron chi connectivity index (χ0n) is 11.3. The number of nitrogens with zero attached hydrogens (tertiary/aromatic N) is 2. The number of likely N-dealkylation sites (N-methyl/N-ethyl adjacent to an activating group) is 1. The first kappa shape index (κ1) is 14.9. The van der Waals surface area contributed by atoms with Gasteiger partial charge in [0.1, 0.15) is 0 Å². The van der Waals surface area contributed by atoms with Crippen molar-refractivity contribution in [2.24, 2.45) is 0 Å². The number of sulfonamides is 1. The van der Waals surface area contributed by atoms with E-state index in [-0.39, 0.29) is 0 Å². The molecule has 0 bridgehead atoms. The summed E-state index contributed by atoms with van der Waals surface area (Å²) in [6.07, 6.45) is 0. The van der Waals surface area contributed by atoms with E-state index in [2.05, 4.69) is 10.2 Å².